The minimum absolute atomic E-state index is 0.230. The lowest BCUT2D eigenvalue weighted by molar-refractivity contribution is 0.0358. The highest BCUT2D eigenvalue weighted by atomic mass is 35.5. The summed E-state index contributed by atoms with van der Waals surface area (Å²) >= 11 is 12.2. The molecule has 2 heterocycles. The fourth-order valence-corrected chi connectivity index (χ4v) is 4.70. The number of nitrogens with one attached hydrogen (secondary N) is 1. The fourth-order valence-electron chi connectivity index (χ4n) is 4.13. The number of morpholine rings is 1. The second-order valence-electron chi connectivity index (χ2n) is 8.48. The molecule has 2 N–H and O–H groups in total. The standard InChI is InChI=1S/C26H28Cl2N4O4/c27-21-2-1-3-22(28)24(21)25(34)29-9-8-18-4-6-19(7-5-18)23-20(17-33)16-30-32(26(23)35)11-10-31-12-14-36-15-13-31/h1-7,16,33H,8-15,17H2,(H,29,34). The van der Waals surface area contributed by atoms with Gasteiger partial charge in [0.25, 0.3) is 11.5 Å². The number of carbonyl (C=O) groups is 1. The fraction of sp³-hybridized carbons (Fsp3) is 0.346. The number of rotatable bonds is 9. The van der Waals surface area contributed by atoms with Crippen LogP contribution in [0.4, 0.5) is 0 Å². The van der Waals surface area contributed by atoms with E-state index in [1.807, 2.05) is 24.3 Å². The Morgan fingerprint density at radius 1 is 1.06 bits per heavy atom. The molecule has 190 valence electrons. The average Bonchev–Trinajstić information content (AvgIpc) is 2.89. The van der Waals surface area contributed by atoms with Crippen LogP contribution in [0.15, 0.2) is 53.5 Å². The molecule has 1 amide bonds. The second kappa shape index (κ2) is 12.5. The van der Waals surface area contributed by atoms with E-state index < -0.39 is 0 Å². The number of benzene rings is 2. The smallest absolute Gasteiger partial charge is 0.275 e. The first-order valence-electron chi connectivity index (χ1n) is 11.8. The van der Waals surface area contributed by atoms with Gasteiger partial charge in [-0.3, -0.25) is 14.5 Å². The highest BCUT2D eigenvalue weighted by molar-refractivity contribution is 6.39. The molecular weight excluding hydrogens is 503 g/mol. The van der Waals surface area contributed by atoms with Crippen molar-refractivity contribution in [3.05, 3.63) is 85.8 Å². The Morgan fingerprint density at radius 2 is 1.75 bits per heavy atom. The number of hydrogen-bond donors (Lipinski definition) is 2. The number of amides is 1. The molecule has 0 aliphatic carbocycles. The molecule has 1 aromatic heterocycles. The quantitative estimate of drug-likeness (QED) is 0.441. The Labute approximate surface area is 219 Å². The summed E-state index contributed by atoms with van der Waals surface area (Å²) in [4.78, 5) is 27.9. The van der Waals surface area contributed by atoms with Gasteiger partial charge in [0.2, 0.25) is 0 Å². The van der Waals surface area contributed by atoms with Crippen LogP contribution < -0.4 is 10.9 Å². The van der Waals surface area contributed by atoms with E-state index >= 15 is 0 Å². The topological polar surface area (TPSA) is 96.7 Å². The molecule has 36 heavy (non-hydrogen) atoms. The third kappa shape index (κ3) is 6.32. The first-order valence-corrected chi connectivity index (χ1v) is 12.5. The Kier molecular flexibility index (Phi) is 9.12. The molecule has 4 rings (SSSR count). The lowest BCUT2D eigenvalue weighted by Crippen LogP contribution is -2.40. The zero-order valence-corrected chi connectivity index (χ0v) is 21.3. The van der Waals surface area contributed by atoms with Crippen LogP contribution in [-0.2, 0) is 24.3 Å². The summed E-state index contributed by atoms with van der Waals surface area (Å²) in [6, 6.07) is 12.4. The number of carbonyl (C=O) groups excluding carboxylic acids is 1. The van der Waals surface area contributed by atoms with Crippen LogP contribution in [0.5, 0.6) is 0 Å². The highest BCUT2D eigenvalue weighted by Gasteiger charge is 2.16. The van der Waals surface area contributed by atoms with E-state index in [0.717, 1.165) is 18.7 Å². The maximum atomic E-state index is 13.2. The monoisotopic (exact) mass is 530 g/mol. The molecule has 0 spiro atoms. The molecule has 0 atom stereocenters. The van der Waals surface area contributed by atoms with Crippen molar-refractivity contribution < 1.29 is 14.6 Å². The molecule has 1 fully saturated rings. The minimum atomic E-state index is -0.329. The normalized spacial score (nSPS) is 14.1. The van der Waals surface area contributed by atoms with Crippen LogP contribution in [0.3, 0.4) is 0 Å². The van der Waals surface area contributed by atoms with Crippen molar-refractivity contribution in [2.45, 2.75) is 19.6 Å². The SMILES string of the molecule is O=C(NCCc1ccc(-c2c(CO)cnn(CCN3CCOCC3)c2=O)cc1)c1c(Cl)cccc1Cl. The van der Waals surface area contributed by atoms with Gasteiger partial charge in [0.1, 0.15) is 0 Å². The summed E-state index contributed by atoms with van der Waals surface area (Å²) in [6.07, 6.45) is 2.14. The van der Waals surface area contributed by atoms with Gasteiger partial charge in [-0.2, -0.15) is 5.10 Å². The molecule has 2 aromatic carbocycles. The third-order valence-electron chi connectivity index (χ3n) is 6.16. The molecule has 1 saturated heterocycles. The Morgan fingerprint density at radius 3 is 2.42 bits per heavy atom. The highest BCUT2D eigenvalue weighted by Crippen LogP contribution is 2.24. The summed E-state index contributed by atoms with van der Waals surface area (Å²) < 4.78 is 6.82. The van der Waals surface area contributed by atoms with Crippen LogP contribution in [0, 0.1) is 0 Å². The van der Waals surface area contributed by atoms with Gasteiger partial charge in [-0.1, -0.05) is 53.5 Å². The molecule has 1 aliphatic heterocycles. The molecule has 1 aliphatic rings. The van der Waals surface area contributed by atoms with Crippen molar-refractivity contribution in [2.75, 3.05) is 39.4 Å². The van der Waals surface area contributed by atoms with Gasteiger partial charge in [-0.05, 0) is 29.7 Å². The van der Waals surface area contributed by atoms with E-state index in [4.69, 9.17) is 27.9 Å². The van der Waals surface area contributed by atoms with E-state index in [1.54, 1.807) is 24.4 Å². The Balaban J connectivity index is 1.42. The summed E-state index contributed by atoms with van der Waals surface area (Å²) in [5.41, 5.74) is 2.66. The van der Waals surface area contributed by atoms with Crippen LogP contribution >= 0.6 is 23.2 Å². The van der Waals surface area contributed by atoms with Gasteiger partial charge in [-0.15, -0.1) is 0 Å². The maximum absolute atomic E-state index is 13.2. The predicted octanol–water partition coefficient (Wildman–Crippen LogP) is 3.01. The molecule has 3 aromatic rings. The van der Waals surface area contributed by atoms with Crippen molar-refractivity contribution in [1.29, 1.82) is 0 Å². The van der Waals surface area contributed by atoms with Gasteiger partial charge in [0, 0.05) is 31.7 Å². The molecule has 0 unspecified atom stereocenters. The van der Waals surface area contributed by atoms with Crippen molar-refractivity contribution in [3.63, 3.8) is 0 Å². The molecule has 0 saturated carbocycles. The van der Waals surface area contributed by atoms with Gasteiger partial charge in [0.15, 0.2) is 0 Å². The summed E-state index contributed by atoms with van der Waals surface area (Å²) in [5, 5.41) is 17.5. The van der Waals surface area contributed by atoms with E-state index in [2.05, 4.69) is 15.3 Å². The maximum Gasteiger partial charge on any atom is 0.275 e. The largest absolute Gasteiger partial charge is 0.392 e. The van der Waals surface area contributed by atoms with E-state index in [1.165, 1.54) is 4.68 Å². The lowest BCUT2D eigenvalue weighted by atomic mass is 10.0. The van der Waals surface area contributed by atoms with Crippen molar-refractivity contribution in [2.24, 2.45) is 0 Å². The van der Waals surface area contributed by atoms with Crippen LogP contribution in [0.25, 0.3) is 11.1 Å². The van der Waals surface area contributed by atoms with Crippen molar-refractivity contribution >= 4 is 29.1 Å². The minimum Gasteiger partial charge on any atom is -0.392 e. The molecule has 8 nitrogen and oxygen atoms in total. The Hall–Kier alpha value is -2.75. The summed E-state index contributed by atoms with van der Waals surface area (Å²) in [6.45, 7) is 4.35. The van der Waals surface area contributed by atoms with Gasteiger partial charge in [0.05, 0.1) is 53.7 Å². The van der Waals surface area contributed by atoms with Gasteiger partial charge < -0.3 is 15.2 Å². The van der Waals surface area contributed by atoms with Gasteiger partial charge in [-0.25, -0.2) is 4.68 Å². The van der Waals surface area contributed by atoms with E-state index in [-0.39, 0.29) is 23.6 Å². The number of aromatic nitrogens is 2. The van der Waals surface area contributed by atoms with Crippen LogP contribution in [0.1, 0.15) is 21.5 Å². The van der Waals surface area contributed by atoms with Gasteiger partial charge >= 0.3 is 0 Å². The van der Waals surface area contributed by atoms with E-state index in [9.17, 15) is 14.7 Å². The number of aliphatic hydroxyl groups is 1. The first-order chi connectivity index (χ1) is 17.5. The number of halogens is 2. The van der Waals surface area contributed by atoms with Crippen LogP contribution in [0.2, 0.25) is 10.0 Å². The first kappa shape index (κ1) is 26.3. The van der Waals surface area contributed by atoms with Crippen LogP contribution in [-0.4, -0.2) is 65.1 Å². The van der Waals surface area contributed by atoms with Crippen molar-refractivity contribution in [3.8, 4) is 11.1 Å². The molecular formula is C26H28Cl2N4O4. The molecule has 0 bridgehead atoms. The third-order valence-corrected chi connectivity index (χ3v) is 6.79. The van der Waals surface area contributed by atoms with Crippen molar-refractivity contribution in [1.82, 2.24) is 20.0 Å². The number of aliphatic hydroxyl groups excluding tert-OH is 1. The molecule has 0 radical (unpaired) electrons. The average molecular weight is 531 g/mol. The zero-order chi connectivity index (χ0) is 25.5. The number of hydrogen-bond acceptors (Lipinski definition) is 6. The number of nitrogens with zero attached hydrogens (tertiary/aromatic N) is 3. The number of ether oxygens (including phenoxy) is 1. The predicted molar refractivity (Wildman–Crippen MR) is 140 cm³/mol. The second-order valence-corrected chi connectivity index (χ2v) is 9.30. The Bertz CT molecular complexity index is 1240. The summed E-state index contributed by atoms with van der Waals surface area (Å²) in [7, 11) is 0. The lowest BCUT2D eigenvalue weighted by Gasteiger charge is -2.26. The molecule has 10 heteroatoms. The summed E-state index contributed by atoms with van der Waals surface area (Å²) in [5.74, 6) is -0.329. The zero-order valence-electron chi connectivity index (χ0n) is 19.8. The van der Waals surface area contributed by atoms with E-state index in [0.29, 0.717) is 66.0 Å².